The Labute approximate surface area is 213 Å². The van der Waals surface area contributed by atoms with Gasteiger partial charge in [0.25, 0.3) is 5.91 Å². The van der Waals surface area contributed by atoms with E-state index in [0.717, 1.165) is 19.2 Å². The largest absolute Gasteiger partial charge is 0.417 e. The van der Waals surface area contributed by atoms with Crippen LogP contribution in [0.1, 0.15) is 16.7 Å². The fourth-order valence-corrected chi connectivity index (χ4v) is 3.70. The summed E-state index contributed by atoms with van der Waals surface area (Å²) in [7, 11) is 0.981. The fourth-order valence-electron chi connectivity index (χ4n) is 3.24. The number of halogens is 10. The highest BCUT2D eigenvalue weighted by Crippen LogP contribution is 2.48. The molecule has 2 aromatic rings. The highest BCUT2D eigenvalue weighted by molar-refractivity contribution is 6.68. The molecule has 1 aliphatic rings. The van der Waals surface area contributed by atoms with E-state index < -0.39 is 67.8 Å². The van der Waals surface area contributed by atoms with E-state index >= 15 is 0 Å². The first-order valence-corrected chi connectivity index (χ1v) is 10.5. The number of anilines is 1. The van der Waals surface area contributed by atoms with Gasteiger partial charge in [-0.05, 0) is 29.8 Å². The Morgan fingerprint density at radius 2 is 1.44 bits per heavy atom. The van der Waals surface area contributed by atoms with Crippen molar-refractivity contribution in [2.45, 2.75) is 21.8 Å². The van der Waals surface area contributed by atoms with Crippen molar-refractivity contribution < 1.29 is 40.3 Å². The molecule has 0 aliphatic carbocycles. The number of likely N-dealkylation sites (N-methyl/N-ethyl adjacent to an activating group) is 1. The van der Waals surface area contributed by atoms with Gasteiger partial charge in [0.1, 0.15) is 5.82 Å². The Morgan fingerprint density at radius 1 is 0.889 bits per heavy atom. The van der Waals surface area contributed by atoms with Crippen molar-refractivity contribution in [2.24, 2.45) is 10.7 Å². The Hall–Kier alpha value is -2.61. The molecule has 1 fully saturated rings. The number of rotatable bonds is 3. The fraction of sp³-hybridized carbons (Fsp3) is 0.250. The second-order valence-corrected chi connectivity index (χ2v) is 9.67. The van der Waals surface area contributed by atoms with Gasteiger partial charge in [0.05, 0.1) is 16.8 Å². The van der Waals surface area contributed by atoms with E-state index in [2.05, 4.69) is 4.99 Å². The molecule has 3 rings (SSSR count). The minimum Gasteiger partial charge on any atom is -0.300 e. The number of benzene rings is 2. The maximum atomic E-state index is 14.5. The van der Waals surface area contributed by atoms with Gasteiger partial charge in [-0.2, -0.15) is 26.3 Å². The predicted molar refractivity (Wildman–Crippen MR) is 117 cm³/mol. The minimum atomic E-state index is -5.53. The number of imide groups is 1. The molecular weight excluding hydrogens is 568 g/mol. The molecule has 1 saturated heterocycles. The Morgan fingerprint density at radius 3 is 1.94 bits per heavy atom. The number of hydrogen-bond acceptors (Lipinski definition) is 4. The summed E-state index contributed by atoms with van der Waals surface area (Å²) in [6, 6.07) is 3.91. The van der Waals surface area contributed by atoms with Crippen LogP contribution in [0.3, 0.4) is 0 Å². The first-order chi connectivity index (χ1) is 16.3. The van der Waals surface area contributed by atoms with E-state index in [9.17, 15) is 40.3 Å². The van der Waals surface area contributed by atoms with Crippen molar-refractivity contribution in [3.63, 3.8) is 0 Å². The quantitative estimate of drug-likeness (QED) is 0.282. The standard InChI is InChI=1S/C20H12Cl3F7N4O2/c1-33-15(35)14(34(16(33)36)13-5-3-2-4-12(13)24)32-17(31,20(21,22)23)9-6-7-10(18(25,26)27)11(8-9)19(28,29)30/h2-8H,31H2,1H3. The van der Waals surface area contributed by atoms with Crippen LogP contribution in [-0.4, -0.2) is 33.5 Å². The number of amidine groups is 1. The van der Waals surface area contributed by atoms with E-state index in [4.69, 9.17) is 40.5 Å². The molecule has 2 N–H and O–H groups in total. The van der Waals surface area contributed by atoms with Crippen LogP contribution in [0.4, 0.5) is 41.2 Å². The maximum absolute atomic E-state index is 14.5. The zero-order chi connectivity index (χ0) is 27.4. The molecule has 0 spiro atoms. The molecule has 1 aliphatic heterocycles. The number of carbonyl (C=O) groups excluding carboxylic acids is 2. The zero-order valence-corrected chi connectivity index (χ0v) is 19.8. The number of urea groups is 1. The van der Waals surface area contributed by atoms with Gasteiger partial charge in [0, 0.05) is 7.05 Å². The van der Waals surface area contributed by atoms with Crippen molar-refractivity contribution in [2.75, 3.05) is 11.9 Å². The van der Waals surface area contributed by atoms with Crippen molar-refractivity contribution in [3.05, 3.63) is 65.0 Å². The summed E-state index contributed by atoms with van der Waals surface area (Å²) in [5.41, 5.74) is -2.57. The smallest absolute Gasteiger partial charge is 0.300 e. The Bertz CT molecular complexity index is 1260. The van der Waals surface area contributed by atoms with Gasteiger partial charge in [0.2, 0.25) is 9.63 Å². The summed E-state index contributed by atoms with van der Waals surface area (Å²) in [6.45, 7) is 0. The molecule has 1 atom stereocenters. The number of carbonyl (C=O) groups is 2. The molecule has 194 valence electrons. The van der Waals surface area contributed by atoms with Crippen LogP contribution >= 0.6 is 34.8 Å². The van der Waals surface area contributed by atoms with Crippen molar-refractivity contribution >= 4 is 58.3 Å². The second-order valence-electron chi connectivity index (χ2n) is 7.39. The van der Waals surface area contributed by atoms with E-state index in [-0.39, 0.29) is 12.1 Å². The summed E-state index contributed by atoms with van der Waals surface area (Å²) in [6.07, 6.45) is -10.9. The topological polar surface area (TPSA) is 79.0 Å². The summed E-state index contributed by atoms with van der Waals surface area (Å²) in [5.74, 6) is -3.18. The van der Waals surface area contributed by atoms with E-state index in [1.807, 2.05) is 0 Å². The number of amides is 3. The van der Waals surface area contributed by atoms with E-state index in [1.54, 1.807) is 0 Å². The summed E-state index contributed by atoms with van der Waals surface area (Å²) < 4.78 is 91.7. The van der Waals surface area contributed by atoms with Crippen LogP contribution in [0.5, 0.6) is 0 Å². The summed E-state index contributed by atoms with van der Waals surface area (Å²) in [4.78, 5) is 30.1. The lowest BCUT2D eigenvalue weighted by atomic mass is 9.95. The molecule has 1 heterocycles. The van der Waals surface area contributed by atoms with Crippen LogP contribution < -0.4 is 10.6 Å². The SMILES string of the molecule is CN1C(=O)C(=NC(N)(c2ccc(C(F)(F)F)c(C(F)(F)F)c2)C(Cl)(Cl)Cl)N(c2ccccc2F)C1=O. The molecule has 1 unspecified atom stereocenters. The van der Waals surface area contributed by atoms with Gasteiger partial charge in [-0.15, -0.1) is 0 Å². The minimum absolute atomic E-state index is 0.0345. The van der Waals surface area contributed by atoms with Gasteiger partial charge in [0.15, 0.2) is 5.66 Å². The van der Waals surface area contributed by atoms with Crippen LogP contribution in [-0.2, 0) is 22.8 Å². The van der Waals surface area contributed by atoms with Crippen molar-refractivity contribution in [3.8, 4) is 0 Å². The van der Waals surface area contributed by atoms with E-state index in [1.165, 1.54) is 12.1 Å². The lowest BCUT2D eigenvalue weighted by molar-refractivity contribution is -0.162. The predicted octanol–water partition coefficient (Wildman–Crippen LogP) is 5.84. The molecule has 0 radical (unpaired) electrons. The Balaban J connectivity index is 2.33. The number of para-hydroxylation sites is 1. The van der Waals surface area contributed by atoms with Crippen molar-refractivity contribution in [1.29, 1.82) is 0 Å². The number of hydrogen-bond donors (Lipinski definition) is 1. The monoisotopic (exact) mass is 578 g/mol. The van der Waals surface area contributed by atoms with Crippen LogP contribution in [0, 0.1) is 5.82 Å². The second kappa shape index (κ2) is 9.05. The number of nitrogens with two attached hydrogens (primary N) is 1. The van der Waals surface area contributed by atoms with Crippen LogP contribution in [0.15, 0.2) is 47.5 Å². The maximum Gasteiger partial charge on any atom is 0.417 e. The molecular formula is C20H12Cl3F7N4O2. The van der Waals surface area contributed by atoms with E-state index in [0.29, 0.717) is 15.9 Å². The number of alkyl halides is 9. The van der Waals surface area contributed by atoms with Gasteiger partial charge < -0.3 is 0 Å². The average Bonchev–Trinajstić information content (AvgIpc) is 2.95. The lowest BCUT2D eigenvalue weighted by Gasteiger charge is -2.34. The third kappa shape index (κ3) is 4.84. The van der Waals surface area contributed by atoms with Crippen LogP contribution in [0.25, 0.3) is 0 Å². The van der Waals surface area contributed by atoms with Gasteiger partial charge in [-0.1, -0.05) is 53.0 Å². The molecule has 2 aromatic carbocycles. The van der Waals surface area contributed by atoms with Crippen LogP contribution in [0.2, 0.25) is 0 Å². The third-order valence-electron chi connectivity index (χ3n) is 5.06. The van der Waals surface area contributed by atoms with Gasteiger partial charge in [-0.3, -0.25) is 15.4 Å². The third-order valence-corrected chi connectivity index (χ3v) is 5.93. The zero-order valence-electron chi connectivity index (χ0n) is 17.6. The normalized spacial score (nSPS) is 18.3. The molecule has 0 saturated carbocycles. The number of aliphatic imine (C=N–C) groups is 1. The average molecular weight is 580 g/mol. The van der Waals surface area contributed by atoms with Gasteiger partial charge >= 0.3 is 18.4 Å². The molecule has 16 heteroatoms. The molecule has 6 nitrogen and oxygen atoms in total. The molecule has 3 amide bonds. The molecule has 36 heavy (non-hydrogen) atoms. The van der Waals surface area contributed by atoms with Gasteiger partial charge in [-0.25, -0.2) is 19.1 Å². The highest BCUT2D eigenvalue weighted by atomic mass is 35.6. The molecule has 0 aromatic heterocycles. The highest BCUT2D eigenvalue weighted by Gasteiger charge is 2.53. The first-order valence-electron chi connectivity index (χ1n) is 9.41. The summed E-state index contributed by atoms with van der Waals surface area (Å²) >= 11 is 17.7. The van der Waals surface area contributed by atoms with Crippen molar-refractivity contribution in [1.82, 2.24) is 4.90 Å². The lowest BCUT2D eigenvalue weighted by Crippen LogP contribution is -2.49. The summed E-state index contributed by atoms with van der Waals surface area (Å²) in [5, 5.41) is 0. The Kier molecular flexibility index (Phi) is 7.03. The molecule has 0 bridgehead atoms. The number of nitrogens with zero attached hydrogens (tertiary/aromatic N) is 3. The first kappa shape index (κ1) is 28.0.